The van der Waals surface area contributed by atoms with Crippen molar-refractivity contribution in [2.75, 3.05) is 0 Å². The molecule has 2 aliphatic carbocycles. The van der Waals surface area contributed by atoms with Crippen molar-refractivity contribution >= 4 is 0 Å². The first-order valence-electron chi connectivity index (χ1n) is 12.9. The standard InChI is InChI=1S/C29H32FNO.C2H6/c1-18(2)28-23(15-20-7-5-19(3)6-8-20)26(21-9-11-22(30)12-10-21)27-24(31-28)16-29(13-4-14-29)17-25(27)32;1-2/h5-12,18,25,32H,4,13-17H2,1-3H3;1-2H3. The average Bonchev–Trinajstić information content (AvgIpc) is 2.81. The lowest BCUT2D eigenvalue weighted by Crippen LogP contribution is -2.38. The van der Waals surface area contributed by atoms with E-state index in [1.54, 1.807) is 0 Å². The van der Waals surface area contributed by atoms with Crippen molar-refractivity contribution in [2.45, 2.75) is 85.2 Å². The fraction of sp³-hybridized carbons (Fsp3) is 0.452. The van der Waals surface area contributed by atoms with Crippen LogP contribution < -0.4 is 0 Å². The molecular formula is C31H38FNO. The summed E-state index contributed by atoms with van der Waals surface area (Å²) in [7, 11) is 0. The van der Waals surface area contributed by atoms with Crippen LogP contribution >= 0.6 is 0 Å². The normalized spacial score (nSPS) is 18.2. The molecule has 1 saturated carbocycles. The zero-order valence-corrected chi connectivity index (χ0v) is 21.3. The van der Waals surface area contributed by atoms with Gasteiger partial charge in [-0.05, 0) is 84.7 Å². The van der Waals surface area contributed by atoms with Gasteiger partial charge < -0.3 is 5.11 Å². The Morgan fingerprint density at radius 3 is 2.24 bits per heavy atom. The van der Waals surface area contributed by atoms with Crippen LogP contribution in [0.2, 0.25) is 0 Å². The number of hydrogen-bond donors (Lipinski definition) is 1. The number of rotatable bonds is 4. The summed E-state index contributed by atoms with van der Waals surface area (Å²) in [5.74, 6) is 0.0196. The SMILES string of the molecule is CC.Cc1ccc(Cc2c(C(C)C)nc3c(c2-c2ccc(F)cc2)C(O)CC2(CCC2)C3)cc1. The van der Waals surface area contributed by atoms with Crippen LogP contribution in [-0.4, -0.2) is 10.1 Å². The lowest BCUT2D eigenvalue weighted by atomic mass is 9.59. The number of aromatic nitrogens is 1. The van der Waals surface area contributed by atoms with E-state index < -0.39 is 6.10 Å². The number of aliphatic hydroxyl groups excluding tert-OH is 1. The molecule has 2 nitrogen and oxygen atoms in total. The van der Waals surface area contributed by atoms with E-state index in [2.05, 4.69) is 45.0 Å². The summed E-state index contributed by atoms with van der Waals surface area (Å²) in [6.45, 7) is 10.5. The molecule has 0 saturated heterocycles. The van der Waals surface area contributed by atoms with Crippen LogP contribution in [0.5, 0.6) is 0 Å². The maximum atomic E-state index is 13.8. The topological polar surface area (TPSA) is 33.1 Å². The van der Waals surface area contributed by atoms with Crippen LogP contribution in [0.4, 0.5) is 4.39 Å². The summed E-state index contributed by atoms with van der Waals surface area (Å²) in [6.07, 6.45) is 5.58. The van der Waals surface area contributed by atoms with E-state index in [1.807, 2.05) is 26.0 Å². The van der Waals surface area contributed by atoms with Crippen molar-refractivity contribution in [2.24, 2.45) is 5.41 Å². The third kappa shape index (κ3) is 4.68. The summed E-state index contributed by atoms with van der Waals surface area (Å²) in [6, 6.07) is 15.4. The van der Waals surface area contributed by atoms with E-state index in [-0.39, 0.29) is 17.2 Å². The first kappa shape index (κ1) is 24.6. The number of nitrogens with zero attached hydrogens (tertiary/aromatic N) is 1. The van der Waals surface area contributed by atoms with Gasteiger partial charge in [0.15, 0.2) is 0 Å². The van der Waals surface area contributed by atoms with E-state index in [0.717, 1.165) is 52.9 Å². The third-order valence-electron chi connectivity index (χ3n) is 7.54. The van der Waals surface area contributed by atoms with Crippen molar-refractivity contribution in [1.29, 1.82) is 0 Å². The van der Waals surface area contributed by atoms with Crippen LogP contribution in [0.1, 0.15) is 99.0 Å². The molecule has 1 atom stereocenters. The maximum absolute atomic E-state index is 13.8. The summed E-state index contributed by atoms with van der Waals surface area (Å²) in [4.78, 5) is 5.22. The Balaban J connectivity index is 0.00000133. The fourth-order valence-corrected chi connectivity index (χ4v) is 5.71. The molecule has 0 amide bonds. The van der Waals surface area contributed by atoms with Gasteiger partial charge in [-0.15, -0.1) is 0 Å². The number of halogens is 1. The molecule has 1 aromatic heterocycles. The Morgan fingerprint density at radius 2 is 1.68 bits per heavy atom. The molecule has 2 aromatic carbocycles. The van der Waals surface area contributed by atoms with Gasteiger partial charge in [0.05, 0.1) is 6.10 Å². The van der Waals surface area contributed by atoms with Crippen LogP contribution in [-0.2, 0) is 12.8 Å². The van der Waals surface area contributed by atoms with Gasteiger partial charge in [-0.25, -0.2) is 4.39 Å². The molecule has 3 heteroatoms. The molecule has 1 fully saturated rings. The second kappa shape index (κ2) is 10.00. The van der Waals surface area contributed by atoms with Gasteiger partial charge in [0.25, 0.3) is 0 Å². The summed E-state index contributed by atoms with van der Waals surface area (Å²) < 4.78 is 13.8. The number of pyridine rings is 1. The zero-order chi connectivity index (χ0) is 24.5. The number of fused-ring (bicyclic) bond motifs is 1. The molecule has 1 N–H and O–H groups in total. The minimum absolute atomic E-state index is 0.214. The van der Waals surface area contributed by atoms with Crippen LogP contribution in [0.15, 0.2) is 48.5 Å². The predicted octanol–water partition coefficient (Wildman–Crippen LogP) is 8.09. The van der Waals surface area contributed by atoms with Crippen LogP contribution in [0, 0.1) is 18.2 Å². The molecule has 3 aromatic rings. The number of hydrogen-bond acceptors (Lipinski definition) is 2. The third-order valence-corrected chi connectivity index (χ3v) is 7.54. The van der Waals surface area contributed by atoms with Gasteiger partial charge >= 0.3 is 0 Å². The van der Waals surface area contributed by atoms with Gasteiger partial charge in [-0.1, -0.05) is 76.1 Å². The summed E-state index contributed by atoms with van der Waals surface area (Å²) in [5, 5.41) is 11.4. The molecule has 1 spiro atoms. The van der Waals surface area contributed by atoms with Crippen molar-refractivity contribution < 1.29 is 9.50 Å². The van der Waals surface area contributed by atoms with Crippen molar-refractivity contribution in [3.05, 3.63) is 88.0 Å². The quantitative estimate of drug-likeness (QED) is 0.428. The molecule has 180 valence electrons. The lowest BCUT2D eigenvalue weighted by molar-refractivity contribution is 0.0247. The molecule has 0 aliphatic heterocycles. The second-order valence-electron chi connectivity index (χ2n) is 10.3. The Hall–Kier alpha value is -2.52. The van der Waals surface area contributed by atoms with E-state index >= 15 is 0 Å². The van der Waals surface area contributed by atoms with E-state index in [4.69, 9.17) is 4.98 Å². The molecule has 2 aliphatic rings. The van der Waals surface area contributed by atoms with Crippen molar-refractivity contribution in [1.82, 2.24) is 4.98 Å². The zero-order valence-electron chi connectivity index (χ0n) is 21.3. The molecule has 5 rings (SSSR count). The smallest absolute Gasteiger partial charge is 0.123 e. The Morgan fingerprint density at radius 1 is 1.03 bits per heavy atom. The minimum Gasteiger partial charge on any atom is -0.388 e. The highest BCUT2D eigenvalue weighted by atomic mass is 19.1. The molecule has 34 heavy (non-hydrogen) atoms. The van der Waals surface area contributed by atoms with Gasteiger partial charge in [0.2, 0.25) is 0 Å². The highest BCUT2D eigenvalue weighted by Gasteiger charge is 2.45. The molecule has 0 radical (unpaired) electrons. The van der Waals surface area contributed by atoms with Crippen LogP contribution in [0.3, 0.4) is 0 Å². The predicted molar refractivity (Wildman–Crippen MR) is 139 cm³/mol. The highest BCUT2D eigenvalue weighted by Crippen LogP contribution is 2.55. The first-order chi connectivity index (χ1) is 16.3. The van der Waals surface area contributed by atoms with Gasteiger partial charge in [0, 0.05) is 17.0 Å². The Bertz CT molecular complexity index is 1130. The molecule has 1 unspecified atom stereocenters. The largest absolute Gasteiger partial charge is 0.388 e. The second-order valence-corrected chi connectivity index (χ2v) is 10.3. The van der Waals surface area contributed by atoms with E-state index in [9.17, 15) is 9.50 Å². The Kier molecular flexibility index (Phi) is 7.23. The van der Waals surface area contributed by atoms with Gasteiger partial charge in [-0.2, -0.15) is 0 Å². The number of aryl methyl sites for hydroxylation is 1. The van der Waals surface area contributed by atoms with Gasteiger partial charge in [-0.3, -0.25) is 4.98 Å². The molecule has 1 heterocycles. The van der Waals surface area contributed by atoms with Crippen molar-refractivity contribution in [3.8, 4) is 11.1 Å². The summed E-state index contributed by atoms with van der Waals surface area (Å²) in [5.41, 5.74) is 9.01. The highest BCUT2D eigenvalue weighted by molar-refractivity contribution is 5.74. The number of aliphatic hydroxyl groups is 1. The number of benzene rings is 2. The fourth-order valence-electron chi connectivity index (χ4n) is 5.71. The minimum atomic E-state index is -0.524. The molecule has 0 bridgehead atoms. The van der Waals surface area contributed by atoms with Crippen LogP contribution in [0.25, 0.3) is 11.1 Å². The average molecular weight is 460 g/mol. The monoisotopic (exact) mass is 459 g/mol. The summed E-state index contributed by atoms with van der Waals surface area (Å²) >= 11 is 0. The van der Waals surface area contributed by atoms with E-state index in [1.165, 1.54) is 42.5 Å². The van der Waals surface area contributed by atoms with E-state index in [0.29, 0.717) is 0 Å². The Labute approximate surface area is 204 Å². The first-order valence-corrected chi connectivity index (χ1v) is 12.9. The maximum Gasteiger partial charge on any atom is 0.123 e. The van der Waals surface area contributed by atoms with Gasteiger partial charge in [0.1, 0.15) is 5.82 Å². The molecular weight excluding hydrogens is 421 g/mol. The lowest BCUT2D eigenvalue weighted by Gasteiger charge is -2.47. The van der Waals surface area contributed by atoms with Crippen molar-refractivity contribution in [3.63, 3.8) is 0 Å².